The smallest absolute Gasteiger partial charge is 0.246 e. The van der Waals surface area contributed by atoms with Gasteiger partial charge in [-0.3, -0.25) is 19.4 Å². The maximum absolute atomic E-state index is 14.0. The molecule has 1 aliphatic carbocycles. The van der Waals surface area contributed by atoms with Gasteiger partial charge in [-0.05, 0) is 83.8 Å². The van der Waals surface area contributed by atoms with E-state index in [0.717, 1.165) is 67.3 Å². The molecular formula is C49H52N8O7S. The van der Waals surface area contributed by atoms with Crippen LogP contribution in [0.25, 0.3) is 38.5 Å². The van der Waals surface area contributed by atoms with Crippen molar-refractivity contribution < 1.29 is 34.2 Å². The first kappa shape index (κ1) is 44.8. The van der Waals surface area contributed by atoms with Crippen LogP contribution in [0, 0.1) is 12.3 Å². The molecule has 1 fully saturated rings. The summed E-state index contributed by atoms with van der Waals surface area (Å²) in [5, 5.41) is 34.2. The molecule has 2 aliphatic rings. The largest absolute Gasteiger partial charge is 0.491 e. The molecule has 65 heavy (non-hydrogen) atoms. The molecule has 1 aliphatic heterocycles. The summed E-state index contributed by atoms with van der Waals surface area (Å²) >= 11 is 1.57. The van der Waals surface area contributed by atoms with Crippen molar-refractivity contribution in [3.8, 4) is 44.3 Å². The van der Waals surface area contributed by atoms with E-state index >= 15 is 0 Å². The predicted molar refractivity (Wildman–Crippen MR) is 247 cm³/mol. The van der Waals surface area contributed by atoms with Gasteiger partial charge >= 0.3 is 0 Å². The third-order valence-electron chi connectivity index (χ3n) is 11.7. The Morgan fingerprint density at radius 1 is 0.938 bits per heavy atom. The minimum atomic E-state index is -0.980. The Morgan fingerprint density at radius 2 is 1.69 bits per heavy atom. The summed E-state index contributed by atoms with van der Waals surface area (Å²) in [7, 11) is 0. The number of nitrogens with zero attached hydrogens (tertiary/aromatic N) is 6. The number of fused-ring (bicyclic) bond motifs is 1. The molecule has 4 heterocycles. The number of aliphatic hydroxyl groups excluding tert-OH is 1. The molecule has 3 amide bonds. The van der Waals surface area contributed by atoms with E-state index in [1.54, 1.807) is 23.7 Å². The number of likely N-dealkylation sites (tertiary alicyclic amines) is 1. The van der Waals surface area contributed by atoms with Crippen molar-refractivity contribution in [1.29, 1.82) is 0 Å². The van der Waals surface area contributed by atoms with Gasteiger partial charge in [-0.2, -0.15) is 5.10 Å². The van der Waals surface area contributed by atoms with Gasteiger partial charge in [0.2, 0.25) is 17.7 Å². The Bertz CT molecular complexity index is 2680. The van der Waals surface area contributed by atoms with E-state index in [4.69, 9.17) is 14.6 Å². The first-order chi connectivity index (χ1) is 31.4. The summed E-state index contributed by atoms with van der Waals surface area (Å²) in [5.41, 5.74) is 11.3. The summed E-state index contributed by atoms with van der Waals surface area (Å²) in [6, 6.07) is 23.5. The number of thiazole rings is 1. The minimum absolute atomic E-state index is 0.0222. The molecule has 8 rings (SSSR count). The Morgan fingerprint density at radius 3 is 2.40 bits per heavy atom. The van der Waals surface area contributed by atoms with Crippen molar-refractivity contribution in [2.24, 2.45) is 10.6 Å². The van der Waals surface area contributed by atoms with Crippen LogP contribution in [0.15, 0.2) is 108 Å². The number of ether oxygens (including phenoxy) is 2. The summed E-state index contributed by atoms with van der Waals surface area (Å²) in [6.45, 7) is 7.67. The highest BCUT2D eigenvalue weighted by atomic mass is 32.1. The first-order valence-electron chi connectivity index (χ1n) is 21.6. The number of hydrogen-bond acceptors (Lipinski definition) is 12. The van der Waals surface area contributed by atoms with Gasteiger partial charge in [0.25, 0.3) is 0 Å². The number of aliphatic hydroxyl groups is 1. The Balaban J connectivity index is 0.827. The molecule has 0 bridgehead atoms. The fourth-order valence-electron chi connectivity index (χ4n) is 8.24. The second-order valence-corrected chi connectivity index (χ2v) is 18.2. The van der Waals surface area contributed by atoms with Crippen LogP contribution in [0.1, 0.15) is 56.0 Å². The second-order valence-electron chi connectivity index (χ2n) is 17.3. The highest BCUT2D eigenvalue weighted by Gasteiger charge is 2.44. The zero-order valence-corrected chi connectivity index (χ0v) is 37.5. The number of amides is 3. The van der Waals surface area contributed by atoms with Crippen molar-refractivity contribution in [3.05, 3.63) is 125 Å². The number of aryl methyl sites for hydroxylation is 2. The molecule has 0 unspecified atom stereocenters. The molecule has 0 radical (unpaired) electrons. The van der Waals surface area contributed by atoms with Crippen LogP contribution < -0.4 is 15.4 Å². The lowest BCUT2D eigenvalue weighted by molar-refractivity contribution is -0.144. The number of rotatable bonds is 15. The molecule has 0 saturated carbocycles. The molecule has 336 valence electrons. The van der Waals surface area contributed by atoms with E-state index < -0.39 is 35.4 Å². The van der Waals surface area contributed by atoms with Crippen LogP contribution in [0.2, 0.25) is 0 Å². The molecule has 15 nitrogen and oxygen atoms in total. The zero-order valence-electron chi connectivity index (χ0n) is 36.7. The third-order valence-corrected chi connectivity index (χ3v) is 12.7. The van der Waals surface area contributed by atoms with Gasteiger partial charge in [0.05, 0.1) is 40.2 Å². The van der Waals surface area contributed by atoms with Crippen molar-refractivity contribution in [2.45, 2.75) is 71.7 Å². The van der Waals surface area contributed by atoms with Crippen LogP contribution >= 0.6 is 11.3 Å². The topological polar surface area (TPSA) is 193 Å². The lowest BCUT2D eigenvalue weighted by Gasteiger charge is -2.35. The van der Waals surface area contributed by atoms with Gasteiger partial charge < -0.3 is 35.3 Å². The Labute approximate surface area is 381 Å². The predicted octanol–water partition coefficient (Wildman–Crippen LogP) is 6.36. The number of benzene rings is 3. The van der Waals surface area contributed by atoms with Gasteiger partial charge in [-0.15, -0.1) is 11.3 Å². The SMILES string of the molecule is Cc1ncsc1-c1ccc(CNC(=O)[C@@H]2C[C@@H](O)CN2C(=O)[C@@H](NC(=O)COCCOc2ccc(-n3cc(-c4ccc5c(c4)CC/C5=N\O)c(-c4ccncc4)n3)cc2)C(C)(C)C)cc1. The highest BCUT2D eigenvalue weighted by Crippen LogP contribution is 2.35. The normalized spacial score (nSPS) is 16.9. The molecule has 4 N–H and O–H groups in total. The van der Waals surface area contributed by atoms with E-state index in [0.29, 0.717) is 17.9 Å². The number of oxime groups is 1. The summed E-state index contributed by atoms with van der Waals surface area (Å²) < 4.78 is 13.4. The molecule has 3 aromatic carbocycles. The van der Waals surface area contributed by atoms with Crippen molar-refractivity contribution in [1.82, 2.24) is 35.3 Å². The fourth-order valence-corrected chi connectivity index (χ4v) is 9.05. The quantitative estimate of drug-likeness (QED) is 0.0512. The van der Waals surface area contributed by atoms with Gasteiger partial charge in [0.15, 0.2) is 0 Å². The highest BCUT2D eigenvalue weighted by molar-refractivity contribution is 7.13. The van der Waals surface area contributed by atoms with Crippen molar-refractivity contribution in [2.75, 3.05) is 26.4 Å². The van der Waals surface area contributed by atoms with Crippen molar-refractivity contribution in [3.63, 3.8) is 0 Å². The van der Waals surface area contributed by atoms with E-state index in [1.807, 2.05) is 117 Å². The maximum Gasteiger partial charge on any atom is 0.246 e. The van der Waals surface area contributed by atoms with E-state index in [9.17, 15) is 24.7 Å². The lowest BCUT2D eigenvalue weighted by atomic mass is 9.85. The molecule has 3 aromatic heterocycles. The number of hydrogen-bond donors (Lipinski definition) is 4. The first-order valence-corrected chi connectivity index (χ1v) is 22.4. The van der Waals surface area contributed by atoms with Gasteiger partial charge in [-0.25, -0.2) is 9.67 Å². The monoisotopic (exact) mass is 896 g/mol. The van der Waals surface area contributed by atoms with Crippen LogP contribution in [-0.2, 0) is 32.1 Å². The molecule has 1 saturated heterocycles. The number of β-amino-alcohol motifs (C(OH)–C–C–N with tert-alkyl or cyclic N) is 1. The number of carbonyl (C=O) groups is 3. The van der Waals surface area contributed by atoms with Gasteiger partial charge in [0.1, 0.15) is 36.7 Å². The minimum Gasteiger partial charge on any atom is -0.491 e. The van der Waals surface area contributed by atoms with E-state index in [-0.39, 0.29) is 45.2 Å². The van der Waals surface area contributed by atoms with Crippen LogP contribution in [0.3, 0.4) is 0 Å². The standard InChI is InChI=1S/C49H52N8O7S/c1-30-45(65-29-52-30)33-7-5-31(6-8-33)25-51-47(60)42-24-37(58)26-56(42)48(61)46(49(2,3)4)53-43(59)28-63-21-22-64-38-13-11-36(12-14-38)57-27-40(44(54-57)32-17-19-50-20-18-32)35-9-15-39-34(23-35)10-16-41(39)55-62/h5-9,11-15,17-20,23,27,29,37,42,46,58,62H,10,16,21-22,24-26,28H2,1-4H3,(H,51,60)(H,53,59)/b55-41+/t37-,42+,46-/m1/s1. The van der Waals surface area contributed by atoms with Crippen LogP contribution in [0.5, 0.6) is 5.75 Å². The summed E-state index contributed by atoms with van der Waals surface area (Å²) in [4.78, 5) is 51.6. The van der Waals surface area contributed by atoms with Gasteiger partial charge in [-0.1, -0.05) is 68.4 Å². The summed E-state index contributed by atoms with van der Waals surface area (Å²) in [6.07, 6.45) is 6.20. The Hall–Kier alpha value is -6.75. The molecule has 16 heteroatoms. The van der Waals surface area contributed by atoms with Crippen LogP contribution in [-0.4, -0.2) is 103 Å². The fraction of sp³-hybridized carbons (Fsp3) is 0.327. The zero-order chi connectivity index (χ0) is 45.7. The van der Waals surface area contributed by atoms with Gasteiger partial charge in [0, 0.05) is 54.8 Å². The van der Waals surface area contributed by atoms with E-state index in [1.165, 1.54) is 4.90 Å². The Kier molecular flexibility index (Phi) is 13.5. The lowest BCUT2D eigenvalue weighted by Crippen LogP contribution is -2.58. The summed E-state index contributed by atoms with van der Waals surface area (Å²) in [5.74, 6) is -0.711. The maximum atomic E-state index is 14.0. The third kappa shape index (κ3) is 10.3. The number of nitrogens with one attached hydrogen (secondary N) is 2. The average Bonchev–Trinajstić information content (AvgIpc) is 4.13. The van der Waals surface area contributed by atoms with E-state index in [2.05, 4.69) is 31.8 Å². The average molecular weight is 897 g/mol. The number of pyridine rings is 1. The van der Waals surface area contributed by atoms with Crippen LogP contribution in [0.4, 0.5) is 0 Å². The second kappa shape index (κ2) is 19.6. The number of carbonyl (C=O) groups excluding carboxylic acids is 3. The van der Waals surface area contributed by atoms with Crippen molar-refractivity contribution >= 4 is 34.8 Å². The number of aromatic nitrogens is 4. The molecule has 6 aromatic rings. The molecule has 3 atom stereocenters. The molecule has 0 spiro atoms. The molecular weight excluding hydrogens is 845 g/mol.